The number of rotatable bonds is 5. The van der Waals surface area contributed by atoms with Gasteiger partial charge < -0.3 is 15.1 Å². The van der Waals surface area contributed by atoms with Crippen molar-refractivity contribution in [1.82, 2.24) is 15.1 Å². The lowest BCUT2D eigenvalue weighted by Crippen LogP contribution is -2.50. The van der Waals surface area contributed by atoms with Gasteiger partial charge in [-0.25, -0.2) is 0 Å². The minimum Gasteiger partial charge on any atom is -0.339 e. The number of carbonyl (C=O) groups is 1. The molecule has 1 aliphatic carbocycles. The van der Waals surface area contributed by atoms with Crippen LogP contribution in [0.1, 0.15) is 26.2 Å². The fraction of sp³-hybridized carbons (Fsp3) is 0.923. The van der Waals surface area contributed by atoms with Crippen LogP contribution >= 0.6 is 0 Å². The second-order valence-electron chi connectivity index (χ2n) is 5.65. The van der Waals surface area contributed by atoms with Gasteiger partial charge in [-0.3, -0.25) is 4.79 Å². The second kappa shape index (κ2) is 5.83. The zero-order valence-electron chi connectivity index (χ0n) is 11.1. The minimum absolute atomic E-state index is 0.265. The molecule has 0 bridgehead atoms. The van der Waals surface area contributed by atoms with E-state index in [9.17, 15) is 4.79 Å². The summed E-state index contributed by atoms with van der Waals surface area (Å²) in [5.41, 5.74) is 0. The van der Waals surface area contributed by atoms with Gasteiger partial charge in [0.2, 0.25) is 5.91 Å². The third kappa shape index (κ3) is 4.28. The van der Waals surface area contributed by atoms with Gasteiger partial charge in [0.1, 0.15) is 0 Å². The van der Waals surface area contributed by atoms with E-state index in [2.05, 4.69) is 24.2 Å². The molecule has 1 atom stereocenters. The molecule has 1 saturated heterocycles. The fourth-order valence-corrected chi connectivity index (χ4v) is 2.37. The maximum atomic E-state index is 12.0. The molecule has 2 rings (SSSR count). The molecule has 0 radical (unpaired) electrons. The van der Waals surface area contributed by atoms with E-state index in [1.54, 1.807) is 0 Å². The molecular weight excluding hydrogens is 214 g/mol. The number of carbonyl (C=O) groups excluding carboxylic acids is 1. The van der Waals surface area contributed by atoms with E-state index < -0.39 is 0 Å². The van der Waals surface area contributed by atoms with Crippen LogP contribution in [0, 0.1) is 5.92 Å². The first-order chi connectivity index (χ1) is 8.15. The molecule has 1 aliphatic heterocycles. The lowest BCUT2D eigenvalue weighted by Gasteiger charge is -2.32. The predicted octanol–water partition coefficient (Wildman–Crippen LogP) is 0.539. The maximum Gasteiger partial charge on any atom is 0.236 e. The van der Waals surface area contributed by atoms with Gasteiger partial charge >= 0.3 is 0 Å². The lowest BCUT2D eigenvalue weighted by atomic mass is 10.1. The van der Waals surface area contributed by atoms with E-state index in [1.165, 1.54) is 19.3 Å². The predicted molar refractivity (Wildman–Crippen MR) is 68.9 cm³/mol. The summed E-state index contributed by atoms with van der Waals surface area (Å²) in [6, 6.07) is 0.485. The van der Waals surface area contributed by atoms with Crippen molar-refractivity contribution in [1.29, 1.82) is 0 Å². The van der Waals surface area contributed by atoms with E-state index in [0.29, 0.717) is 12.6 Å². The van der Waals surface area contributed by atoms with Crippen LogP contribution in [0.5, 0.6) is 0 Å². The second-order valence-corrected chi connectivity index (χ2v) is 5.65. The Morgan fingerprint density at radius 3 is 2.53 bits per heavy atom. The van der Waals surface area contributed by atoms with E-state index in [1.807, 2.05) is 4.90 Å². The van der Waals surface area contributed by atoms with Crippen LogP contribution in [0.25, 0.3) is 0 Å². The zero-order valence-corrected chi connectivity index (χ0v) is 11.1. The van der Waals surface area contributed by atoms with Crippen molar-refractivity contribution in [3.63, 3.8) is 0 Å². The van der Waals surface area contributed by atoms with Crippen LogP contribution in [0.15, 0.2) is 0 Å². The number of nitrogens with zero attached hydrogens (tertiary/aromatic N) is 2. The summed E-state index contributed by atoms with van der Waals surface area (Å²) in [6.45, 7) is 6.47. The molecule has 0 spiro atoms. The van der Waals surface area contributed by atoms with Crippen molar-refractivity contribution in [2.24, 2.45) is 5.92 Å². The summed E-state index contributed by atoms with van der Waals surface area (Å²) in [6.07, 6.45) is 4.01. The molecule has 1 amide bonds. The molecular formula is C13H25N3O. The third-order valence-corrected chi connectivity index (χ3v) is 3.84. The number of amides is 1. The van der Waals surface area contributed by atoms with Crippen LogP contribution in [0.3, 0.4) is 0 Å². The molecule has 0 aromatic heterocycles. The van der Waals surface area contributed by atoms with Crippen molar-refractivity contribution in [3.8, 4) is 0 Å². The number of likely N-dealkylation sites (N-methyl/N-ethyl adjacent to an activating group) is 1. The van der Waals surface area contributed by atoms with Crippen molar-refractivity contribution in [3.05, 3.63) is 0 Å². The maximum absolute atomic E-state index is 12.0. The summed E-state index contributed by atoms with van der Waals surface area (Å²) < 4.78 is 0. The Kier molecular flexibility index (Phi) is 4.40. The Bertz CT molecular complexity index is 257. The van der Waals surface area contributed by atoms with Crippen LogP contribution in [-0.4, -0.2) is 61.5 Å². The van der Waals surface area contributed by atoms with Gasteiger partial charge in [-0.1, -0.05) is 12.8 Å². The molecule has 2 fully saturated rings. The highest BCUT2D eigenvalue weighted by Crippen LogP contribution is 2.33. The summed E-state index contributed by atoms with van der Waals surface area (Å²) in [7, 11) is 2.11. The van der Waals surface area contributed by atoms with Crippen molar-refractivity contribution in [2.45, 2.75) is 32.2 Å². The van der Waals surface area contributed by atoms with Crippen molar-refractivity contribution >= 4 is 5.91 Å². The van der Waals surface area contributed by atoms with E-state index in [4.69, 9.17) is 0 Å². The first kappa shape index (κ1) is 12.8. The average Bonchev–Trinajstić information content (AvgIpc) is 3.11. The zero-order chi connectivity index (χ0) is 12.3. The van der Waals surface area contributed by atoms with Crippen LogP contribution in [-0.2, 0) is 4.79 Å². The molecule has 17 heavy (non-hydrogen) atoms. The standard InChI is InChI=1S/C13H25N3O/c1-11(9-12-3-4-12)14-10-13(17)16-7-5-15(2)6-8-16/h11-12,14H,3-10H2,1-2H3. The number of nitrogens with one attached hydrogen (secondary N) is 1. The summed E-state index contributed by atoms with van der Waals surface area (Å²) in [5, 5.41) is 3.36. The highest BCUT2D eigenvalue weighted by Gasteiger charge is 2.24. The van der Waals surface area contributed by atoms with Gasteiger partial charge in [-0.2, -0.15) is 0 Å². The van der Waals surface area contributed by atoms with Crippen LogP contribution in [0.4, 0.5) is 0 Å². The summed E-state index contributed by atoms with van der Waals surface area (Å²) in [5.74, 6) is 1.19. The van der Waals surface area contributed by atoms with Gasteiger partial charge in [0.25, 0.3) is 0 Å². The summed E-state index contributed by atoms with van der Waals surface area (Å²) >= 11 is 0. The number of hydrogen-bond acceptors (Lipinski definition) is 3. The van der Waals surface area contributed by atoms with Gasteiger partial charge in [-0.05, 0) is 26.3 Å². The topological polar surface area (TPSA) is 35.6 Å². The minimum atomic E-state index is 0.265. The molecule has 1 unspecified atom stereocenters. The molecule has 1 heterocycles. The SMILES string of the molecule is CC(CC1CC1)NCC(=O)N1CCN(C)CC1. The van der Waals surface area contributed by atoms with E-state index >= 15 is 0 Å². The highest BCUT2D eigenvalue weighted by atomic mass is 16.2. The largest absolute Gasteiger partial charge is 0.339 e. The van der Waals surface area contributed by atoms with Crippen molar-refractivity contribution < 1.29 is 4.79 Å². The lowest BCUT2D eigenvalue weighted by molar-refractivity contribution is -0.131. The molecule has 0 aromatic rings. The quantitative estimate of drug-likeness (QED) is 0.760. The van der Waals surface area contributed by atoms with Crippen molar-refractivity contribution in [2.75, 3.05) is 39.8 Å². The molecule has 1 saturated carbocycles. The van der Waals surface area contributed by atoms with Gasteiger partial charge in [0.15, 0.2) is 0 Å². The van der Waals surface area contributed by atoms with Crippen LogP contribution < -0.4 is 5.32 Å². The molecule has 98 valence electrons. The molecule has 1 N–H and O–H groups in total. The van der Waals surface area contributed by atoms with Gasteiger partial charge in [0, 0.05) is 32.2 Å². The third-order valence-electron chi connectivity index (χ3n) is 3.84. The van der Waals surface area contributed by atoms with E-state index in [-0.39, 0.29) is 5.91 Å². The Hall–Kier alpha value is -0.610. The van der Waals surface area contributed by atoms with E-state index in [0.717, 1.165) is 32.1 Å². The summed E-state index contributed by atoms with van der Waals surface area (Å²) in [4.78, 5) is 16.2. The molecule has 2 aliphatic rings. The Morgan fingerprint density at radius 2 is 1.94 bits per heavy atom. The Morgan fingerprint density at radius 1 is 1.29 bits per heavy atom. The van der Waals surface area contributed by atoms with Gasteiger partial charge in [0.05, 0.1) is 6.54 Å². The van der Waals surface area contributed by atoms with Crippen LogP contribution in [0.2, 0.25) is 0 Å². The highest BCUT2D eigenvalue weighted by molar-refractivity contribution is 5.78. The average molecular weight is 239 g/mol. The van der Waals surface area contributed by atoms with Gasteiger partial charge in [-0.15, -0.1) is 0 Å². The number of piperazine rings is 1. The first-order valence-corrected chi connectivity index (χ1v) is 6.85. The smallest absolute Gasteiger partial charge is 0.236 e. The normalized spacial score (nSPS) is 23.8. The monoisotopic (exact) mass is 239 g/mol. The fourth-order valence-electron chi connectivity index (χ4n) is 2.37. The number of hydrogen-bond donors (Lipinski definition) is 1. The first-order valence-electron chi connectivity index (χ1n) is 6.85. The molecule has 4 nitrogen and oxygen atoms in total. The Balaban J connectivity index is 1.62. The Labute approximate surface area is 104 Å². The molecule has 0 aromatic carbocycles. The molecule has 4 heteroatoms.